The van der Waals surface area contributed by atoms with Gasteiger partial charge in [-0.1, -0.05) is 29.8 Å². The predicted molar refractivity (Wildman–Crippen MR) is 96.8 cm³/mol. The maximum absolute atomic E-state index is 13.6. The lowest BCUT2D eigenvalue weighted by molar-refractivity contribution is -0.206. The van der Waals surface area contributed by atoms with Crippen molar-refractivity contribution < 1.29 is 13.9 Å². The Morgan fingerprint density at radius 2 is 2.04 bits per heavy atom. The summed E-state index contributed by atoms with van der Waals surface area (Å²) in [5.41, 5.74) is 2.22. The first-order chi connectivity index (χ1) is 12.2. The first-order valence-corrected chi connectivity index (χ1v) is 8.80. The summed E-state index contributed by atoms with van der Waals surface area (Å²) >= 11 is 5.71. The second kappa shape index (κ2) is 8.56. The van der Waals surface area contributed by atoms with E-state index in [2.05, 4.69) is 11.6 Å². The van der Waals surface area contributed by atoms with Crippen molar-refractivity contribution in [3.63, 3.8) is 0 Å². The van der Waals surface area contributed by atoms with Crippen molar-refractivity contribution in [2.75, 3.05) is 13.2 Å². The van der Waals surface area contributed by atoms with E-state index in [0.29, 0.717) is 30.4 Å². The summed E-state index contributed by atoms with van der Waals surface area (Å²) in [6, 6.07) is 8.39. The number of halogens is 2. The summed E-state index contributed by atoms with van der Waals surface area (Å²) in [7, 11) is 0. The van der Waals surface area contributed by atoms with Gasteiger partial charge in [-0.15, -0.1) is 6.58 Å². The molecule has 2 heterocycles. The van der Waals surface area contributed by atoms with E-state index >= 15 is 0 Å². The second-order valence-corrected chi connectivity index (χ2v) is 6.60. The van der Waals surface area contributed by atoms with Crippen molar-refractivity contribution >= 4 is 11.6 Å². The molecule has 0 aliphatic carbocycles. The van der Waals surface area contributed by atoms with Crippen LogP contribution in [-0.4, -0.2) is 18.2 Å². The molecule has 2 aromatic rings. The van der Waals surface area contributed by atoms with E-state index < -0.39 is 5.82 Å². The SMILES string of the molecule is C=CCCCC1COC(c2ccc(-c3ccc(Cl)c(F)c3)nc2)OC1. The smallest absolute Gasteiger partial charge is 0.185 e. The van der Waals surface area contributed by atoms with E-state index in [1.807, 2.05) is 18.2 Å². The molecule has 0 amide bonds. The van der Waals surface area contributed by atoms with Gasteiger partial charge in [0, 0.05) is 23.2 Å². The molecule has 1 aromatic heterocycles. The third kappa shape index (κ3) is 4.66. The molecule has 1 aliphatic heterocycles. The van der Waals surface area contributed by atoms with Gasteiger partial charge in [-0.05, 0) is 37.5 Å². The second-order valence-electron chi connectivity index (χ2n) is 6.19. The molecule has 0 bridgehead atoms. The summed E-state index contributed by atoms with van der Waals surface area (Å²) in [5.74, 6) is -0.0213. The highest BCUT2D eigenvalue weighted by Gasteiger charge is 2.23. The Morgan fingerprint density at radius 1 is 1.24 bits per heavy atom. The lowest BCUT2D eigenvalue weighted by atomic mass is 10.0. The van der Waals surface area contributed by atoms with Gasteiger partial charge in [0.15, 0.2) is 6.29 Å². The van der Waals surface area contributed by atoms with Crippen molar-refractivity contribution in [3.8, 4) is 11.3 Å². The summed E-state index contributed by atoms with van der Waals surface area (Å²) in [6.45, 7) is 5.11. The van der Waals surface area contributed by atoms with Crippen LogP contribution in [0.1, 0.15) is 31.1 Å². The maximum Gasteiger partial charge on any atom is 0.185 e. The number of hydrogen-bond donors (Lipinski definition) is 0. The number of rotatable bonds is 6. The zero-order valence-corrected chi connectivity index (χ0v) is 14.7. The standard InChI is InChI=1S/C20H21ClFNO2/c1-2-3-4-5-14-12-24-20(25-13-14)16-7-9-19(23-11-16)15-6-8-17(21)18(22)10-15/h2,6-11,14,20H,1,3-5,12-13H2. The summed E-state index contributed by atoms with van der Waals surface area (Å²) in [6.07, 6.45) is 6.48. The van der Waals surface area contributed by atoms with Crippen LogP contribution in [0.15, 0.2) is 49.2 Å². The predicted octanol–water partition coefficient (Wildman–Crippen LogP) is 5.56. The molecular weight excluding hydrogens is 341 g/mol. The molecule has 0 radical (unpaired) electrons. The Bertz CT molecular complexity index is 712. The topological polar surface area (TPSA) is 31.4 Å². The van der Waals surface area contributed by atoms with Crippen LogP contribution in [0.3, 0.4) is 0 Å². The van der Waals surface area contributed by atoms with Crippen LogP contribution in [-0.2, 0) is 9.47 Å². The molecule has 3 rings (SSSR count). The highest BCUT2D eigenvalue weighted by Crippen LogP contribution is 2.28. The number of ether oxygens (including phenoxy) is 2. The molecule has 0 saturated carbocycles. The summed E-state index contributed by atoms with van der Waals surface area (Å²) in [4.78, 5) is 4.39. The molecule has 25 heavy (non-hydrogen) atoms. The zero-order chi connectivity index (χ0) is 17.6. The first kappa shape index (κ1) is 18.1. The number of nitrogens with zero attached hydrogens (tertiary/aromatic N) is 1. The third-order valence-corrected chi connectivity index (χ3v) is 4.57. The molecule has 3 nitrogen and oxygen atoms in total. The van der Waals surface area contributed by atoms with Crippen LogP contribution in [0.5, 0.6) is 0 Å². The van der Waals surface area contributed by atoms with Crippen molar-refractivity contribution in [1.29, 1.82) is 0 Å². The summed E-state index contributed by atoms with van der Waals surface area (Å²) in [5, 5.41) is 0.104. The molecule has 1 aromatic carbocycles. The Labute approximate surface area is 152 Å². The van der Waals surface area contributed by atoms with Gasteiger partial charge < -0.3 is 9.47 Å². The van der Waals surface area contributed by atoms with E-state index in [9.17, 15) is 4.39 Å². The Hall–Kier alpha value is -1.75. The van der Waals surface area contributed by atoms with E-state index in [4.69, 9.17) is 21.1 Å². The molecule has 132 valence electrons. The van der Waals surface area contributed by atoms with Crippen molar-refractivity contribution in [1.82, 2.24) is 4.98 Å². The van der Waals surface area contributed by atoms with Gasteiger partial charge in [0.1, 0.15) is 5.82 Å². The van der Waals surface area contributed by atoms with Crippen LogP contribution in [0.2, 0.25) is 5.02 Å². The van der Waals surface area contributed by atoms with E-state index in [1.54, 1.807) is 12.3 Å². The van der Waals surface area contributed by atoms with E-state index in [-0.39, 0.29) is 11.3 Å². The van der Waals surface area contributed by atoms with Gasteiger partial charge in [-0.2, -0.15) is 0 Å². The summed E-state index contributed by atoms with van der Waals surface area (Å²) < 4.78 is 25.2. The number of unbranched alkanes of at least 4 members (excludes halogenated alkanes) is 1. The van der Waals surface area contributed by atoms with Crippen LogP contribution in [0.4, 0.5) is 4.39 Å². The highest BCUT2D eigenvalue weighted by atomic mass is 35.5. The van der Waals surface area contributed by atoms with E-state index in [1.165, 1.54) is 12.1 Å². The largest absolute Gasteiger partial charge is 0.348 e. The van der Waals surface area contributed by atoms with Gasteiger partial charge in [-0.25, -0.2) is 4.39 Å². The first-order valence-electron chi connectivity index (χ1n) is 8.43. The fourth-order valence-corrected chi connectivity index (χ4v) is 2.94. The molecule has 1 saturated heterocycles. The minimum Gasteiger partial charge on any atom is -0.348 e. The number of hydrogen-bond acceptors (Lipinski definition) is 3. The van der Waals surface area contributed by atoms with Gasteiger partial charge in [-0.3, -0.25) is 4.98 Å². The number of benzene rings is 1. The van der Waals surface area contributed by atoms with Crippen LogP contribution < -0.4 is 0 Å². The Morgan fingerprint density at radius 3 is 2.68 bits per heavy atom. The lowest BCUT2D eigenvalue weighted by Gasteiger charge is -2.29. The average molecular weight is 362 g/mol. The Balaban J connectivity index is 1.59. The molecule has 0 atom stereocenters. The molecular formula is C20H21ClFNO2. The van der Waals surface area contributed by atoms with Crippen molar-refractivity contribution in [2.45, 2.75) is 25.6 Å². The van der Waals surface area contributed by atoms with Gasteiger partial charge >= 0.3 is 0 Å². The minimum atomic E-state index is -0.452. The lowest BCUT2D eigenvalue weighted by Crippen LogP contribution is -2.27. The minimum absolute atomic E-state index is 0.104. The highest BCUT2D eigenvalue weighted by molar-refractivity contribution is 6.30. The molecule has 1 aliphatic rings. The van der Waals surface area contributed by atoms with Crippen LogP contribution in [0, 0.1) is 11.7 Å². The fraction of sp³-hybridized carbons (Fsp3) is 0.350. The molecule has 1 fully saturated rings. The van der Waals surface area contributed by atoms with Crippen LogP contribution in [0.25, 0.3) is 11.3 Å². The van der Waals surface area contributed by atoms with Crippen molar-refractivity contribution in [2.24, 2.45) is 5.92 Å². The molecule has 0 unspecified atom stereocenters. The van der Waals surface area contributed by atoms with E-state index in [0.717, 1.165) is 24.8 Å². The zero-order valence-electron chi connectivity index (χ0n) is 14.0. The number of allylic oxidation sites excluding steroid dienone is 1. The van der Waals surface area contributed by atoms with Crippen LogP contribution >= 0.6 is 11.6 Å². The van der Waals surface area contributed by atoms with Gasteiger partial charge in [0.2, 0.25) is 0 Å². The normalized spacial score (nSPS) is 20.4. The number of pyridine rings is 1. The molecule has 0 N–H and O–H groups in total. The molecule has 0 spiro atoms. The monoisotopic (exact) mass is 361 g/mol. The maximum atomic E-state index is 13.6. The molecule has 5 heteroatoms. The third-order valence-electron chi connectivity index (χ3n) is 4.26. The van der Waals surface area contributed by atoms with Gasteiger partial charge in [0.25, 0.3) is 0 Å². The fourth-order valence-electron chi connectivity index (χ4n) is 2.82. The van der Waals surface area contributed by atoms with Crippen molar-refractivity contribution in [3.05, 3.63) is 65.6 Å². The van der Waals surface area contributed by atoms with Gasteiger partial charge in [0.05, 0.1) is 23.9 Å². The Kier molecular flexibility index (Phi) is 6.19. The number of aromatic nitrogens is 1. The quantitative estimate of drug-likeness (QED) is 0.498. The average Bonchev–Trinajstić information content (AvgIpc) is 2.65.